The number of carboxylic acids is 1. The van der Waals surface area contributed by atoms with Crippen molar-refractivity contribution in [2.75, 3.05) is 31.1 Å². The summed E-state index contributed by atoms with van der Waals surface area (Å²) in [4.78, 5) is 40.2. The Bertz CT molecular complexity index is 794. The van der Waals surface area contributed by atoms with Gasteiger partial charge in [0.2, 0.25) is 5.91 Å². The van der Waals surface area contributed by atoms with Crippen LogP contribution in [0.25, 0.3) is 0 Å². The van der Waals surface area contributed by atoms with Crippen LogP contribution in [0.5, 0.6) is 0 Å². The molecule has 0 bridgehead atoms. The Morgan fingerprint density at radius 2 is 1.76 bits per heavy atom. The van der Waals surface area contributed by atoms with Gasteiger partial charge in [0.1, 0.15) is 0 Å². The molecule has 0 fully saturated rings. The summed E-state index contributed by atoms with van der Waals surface area (Å²) in [6.45, 7) is 9.78. The highest BCUT2D eigenvalue weighted by molar-refractivity contribution is 5.97. The minimum Gasteiger partial charge on any atom is -0.481 e. The second-order valence-corrected chi connectivity index (χ2v) is 9.49. The van der Waals surface area contributed by atoms with Gasteiger partial charge < -0.3 is 15.3 Å². The normalized spacial score (nSPS) is 15.9. The molecule has 2 rings (SSSR count). The van der Waals surface area contributed by atoms with Gasteiger partial charge in [0.05, 0.1) is 0 Å². The Morgan fingerprint density at radius 3 is 2.42 bits per heavy atom. The summed E-state index contributed by atoms with van der Waals surface area (Å²) < 4.78 is 0. The quantitative estimate of drug-likeness (QED) is 0.561. The van der Waals surface area contributed by atoms with Crippen molar-refractivity contribution in [3.8, 4) is 0 Å². The molecule has 0 spiro atoms. The van der Waals surface area contributed by atoms with Crippen LogP contribution in [0.2, 0.25) is 0 Å². The van der Waals surface area contributed by atoms with Gasteiger partial charge in [-0.1, -0.05) is 33.1 Å². The number of hydrogen-bond acceptors (Lipinski definition) is 4. The third kappa shape index (κ3) is 9.54. The lowest BCUT2D eigenvalue weighted by atomic mass is 10.0. The molecule has 7 nitrogen and oxygen atoms in total. The van der Waals surface area contributed by atoms with Crippen molar-refractivity contribution < 1.29 is 19.5 Å². The van der Waals surface area contributed by atoms with E-state index in [0.29, 0.717) is 37.5 Å². The average Bonchev–Trinajstić information content (AvgIpc) is 2.75. The minimum absolute atomic E-state index is 0.0212. The van der Waals surface area contributed by atoms with E-state index in [1.165, 1.54) is 12.8 Å². The van der Waals surface area contributed by atoms with Crippen molar-refractivity contribution >= 4 is 23.5 Å². The first-order valence-corrected chi connectivity index (χ1v) is 12.4. The van der Waals surface area contributed by atoms with Gasteiger partial charge in [-0.2, -0.15) is 0 Å². The van der Waals surface area contributed by atoms with Crippen molar-refractivity contribution in [3.05, 3.63) is 29.3 Å². The zero-order chi connectivity index (χ0) is 24.2. The molecule has 0 saturated heterocycles. The van der Waals surface area contributed by atoms with E-state index in [4.69, 9.17) is 5.11 Å². The van der Waals surface area contributed by atoms with E-state index in [1.807, 2.05) is 17.0 Å². The number of nitrogens with zero attached hydrogens (tertiary/aromatic N) is 2. The van der Waals surface area contributed by atoms with E-state index in [2.05, 4.69) is 24.1 Å². The fourth-order valence-corrected chi connectivity index (χ4v) is 4.20. The summed E-state index contributed by atoms with van der Waals surface area (Å²) in [5.41, 5.74) is 2.43. The molecule has 0 aromatic heterocycles. The number of nitrogens with one attached hydrogen (secondary N) is 1. The Morgan fingerprint density at radius 1 is 1.06 bits per heavy atom. The van der Waals surface area contributed by atoms with Gasteiger partial charge in [0.25, 0.3) is 5.91 Å². The predicted molar refractivity (Wildman–Crippen MR) is 131 cm³/mol. The van der Waals surface area contributed by atoms with Crippen molar-refractivity contribution in [1.29, 1.82) is 0 Å². The predicted octanol–water partition coefficient (Wildman–Crippen LogP) is 4.45. The van der Waals surface area contributed by atoms with E-state index < -0.39 is 5.97 Å². The van der Waals surface area contributed by atoms with Crippen LogP contribution in [0.1, 0.15) is 88.1 Å². The molecule has 0 radical (unpaired) electrons. The van der Waals surface area contributed by atoms with Crippen LogP contribution >= 0.6 is 0 Å². The summed E-state index contributed by atoms with van der Waals surface area (Å²) in [6.07, 6.45) is 7.17. The average molecular weight is 460 g/mol. The molecule has 1 heterocycles. The lowest BCUT2D eigenvalue weighted by molar-refractivity contribution is -0.137. The van der Waals surface area contributed by atoms with E-state index in [9.17, 15) is 14.4 Å². The monoisotopic (exact) mass is 459 g/mol. The number of rotatable bonds is 8. The Labute approximate surface area is 198 Å². The maximum Gasteiger partial charge on any atom is 0.303 e. The summed E-state index contributed by atoms with van der Waals surface area (Å²) in [7, 11) is 0. The van der Waals surface area contributed by atoms with Crippen molar-refractivity contribution in [3.63, 3.8) is 0 Å². The maximum absolute atomic E-state index is 12.7. The number of benzene rings is 1. The molecular weight excluding hydrogens is 418 g/mol. The zero-order valence-corrected chi connectivity index (χ0v) is 20.6. The van der Waals surface area contributed by atoms with Crippen LogP contribution in [0, 0.1) is 5.92 Å². The van der Waals surface area contributed by atoms with E-state index in [1.54, 1.807) is 13.0 Å². The molecule has 1 aliphatic heterocycles. The third-order valence-electron chi connectivity index (χ3n) is 6.14. The van der Waals surface area contributed by atoms with Crippen LogP contribution in [0.3, 0.4) is 0 Å². The van der Waals surface area contributed by atoms with Gasteiger partial charge in [0, 0.05) is 44.2 Å². The summed E-state index contributed by atoms with van der Waals surface area (Å²) in [5.74, 6) is -0.442. The number of carboxylic acid groups (broad SMARTS) is 1. The first kappa shape index (κ1) is 26.8. The SMILES string of the molecule is CC(=O)N1CCCCCCCN(CCC(C)C)Cc2cc(C(=O)NCCCC(=O)O)ccc21. The van der Waals surface area contributed by atoms with Gasteiger partial charge in [0.15, 0.2) is 0 Å². The van der Waals surface area contributed by atoms with Gasteiger partial charge >= 0.3 is 5.97 Å². The third-order valence-corrected chi connectivity index (χ3v) is 6.14. The number of anilines is 1. The fraction of sp³-hybridized carbons (Fsp3) is 0.654. The Balaban J connectivity index is 2.29. The molecule has 1 aromatic rings. The number of fused-ring (bicyclic) bond motifs is 1. The van der Waals surface area contributed by atoms with Crippen molar-refractivity contribution in [1.82, 2.24) is 10.2 Å². The summed E-state index contributed by atoms with van der Waals surface area (Å²) >= 11 is 0. The minimum atomic E-state index is -0.866. The number of aliphatic carboxylic acids is 1. The molecule has 0 saturated carbocycles. The van der Waals surface area contributed by atoms with Crippen LogP contribution in [0.15, 0.2) is 18.2 Å². The molecule has 2 N–H and O–H groups in total. The number of carbonyl (C=O) groups excluding carboxylic acids is 2. The standard InChI is InChI=1S/C26H41N3O4/c1-20(2)13-17-28-15-7-5-4-6-8-16-29(21(3)30)24-12-11-22(18-23(24)19-28)26(33)27-14-9-10-25(31)32/h11-12,18,20H,4-10,13-17,19H2,1-3H3,(H,27,33)(H,31,32). The molecular formula is C26H41N3O4. The summed E-state index contributed by atoms with van der Waals surface area (Å²) in [5, 5.41) is 11.6. The molecule has 2 amide bonds. The first-order chi connectivity index (χ1) is 15.8. The van der Waals surface area contributed by atoms with Gasteiger partial charge in [-0.25, -0.2) is 0 Å². The second kappa shape index (κ2) is 14.0. The number of amides is 2. The molecule has 1 aliphatic rings. The van der Waals surface area contributed by atoms with E-state index in [0.717, 1.165) is 50.0 Å². The van der Waals surface area contributed by atoms with Crippen LogP contribution in [-0.4, -0.2) is 54.0 Å². The number of hydrogen-bond donors (Lipinski definition) is 2. The van der Waals surface area contributed by atoms with Crippen molar-refractivity contribution in [2.24, 2.45) is 5.92 Å². The van der Waals surface area contributed by atoms with Crippen LogP contribution in [-0.2, 0) is 16.1 Å². The highest BCUT2D eigenvalue weighted by atomic mass is 16.4. The van der Waals surface area contributed by atoms with Gasteiger partial charge in [-0.05, 0) is 68.5 Å². The second-order valence-electron chi connectivity index (χ2n) is 9.49. The van der Waals surface area contributed by atoms with Gasteiger partial charge in [-0.15, -0.1) is 0 Å². The van der Waals surface area contributed by atoms with Crippen LogP contribution < -0.4 is 10.2 Å². The molecule has 0 aliphatic carbocycles. The van der Waals surface area contributed by atoms with E-state index in [-0.39, 0.29) is 18.2 Å². The van der Waals surface area contributed by atoms with Crippen LogP contribution in [0.4, 0.5) is 5.69 Å². The molecule has 33 heavy (non-hydrogen) atoms. The molecule has 7 heteroatoms. The Hall–Kier alpha value is -2.41. The Kier molecular flexibility index (Phi) is 11.4. The smallest absolute Gasteiger partial charge is 0.303 e. The zero-order valence-electron chi connectivity index (χ0n) is 20.6. The first-order valence-electron chi connectivity index (χ1n) is 12.4. The maximum atomic E-state index is 12.7. The molecule has 184 valence electrons. The highest BCUT2D eigenvalue weighted by Crippen LogP contribution is 2.26. The van der Waals surface area contributed by atoms with E-state index >= 15 is 0 Å². The highest BCUT2D eigenvalue weighted by Gasteiger charge is 2.20. The van der Waals surface area contributed by atoms with Crippen molar-refractivity contribution in [2.45, 2.75) is 78.7 Å². The topological polar surface area (TPSA) is 90.0 Å². The summed E-state index contributed by atoms with van der Waals surface area (Å²) in [6, 6.07) is 5.58. The number of carbonyl (C=O) groups is 3. The molecule has 0 unspecified atom stereocenters. The molecule has 1 aromatic carbocycles. The van der Waals surface area contributed by atoms with Gasteiger partial charge in [-0.3, -0.25) is 19.3 Å². The largest absolute Gasteiger partial charge is 0.481 e. The lowest BCUT2D eigenvalue weighted by Crippen LogP contribution is -2.33. The lowest BCUT2D eigenvalue weighted by Gasteiger charge is -2.29. The molecule has 0 atom stereocenters. The fourth-order valence-electron chi connectivity index (χ4n) is 4.20.